The number of amides is 1. The summed E-state index contributed by atoms with van der Waals surface area (Å²) >= 11 is 0. The molecule has 21 heavy (non-hydrogen) atoms. The van der Waals surface area contributed by atoms with Gasteiger partial charge in [0, 0.05) is 11.9 Å². The van der Waals surface area contributed by atoms with Crippen LogP contribution in [0.5, 0.6) is 0 Å². The first-order valence-corrected chi connectivity index (χ1v) is 6.33. The molecule has 0 aliphatic rings. The van der Waals surface area contributed by atoms with Gasteiger partial charge in [0.1, 0.15) is 11.5 Å². The largest absolute Gasteiger partial charge is 0.320 e. The van der Waals surface area contributed by atoms with Gasteiger partial charge in [0.15, 0.2) is 0 Å². The van der Waals surface area contributed by atoms with Crippen LogP contribution >= 0.6 is 0 Å². The molecule has 0 bridgehead atoms. The van der Waals surface area contributed by atoms with E-state index < -0.39 is 11.7 Å². The number of pyridine rings is 1. The lowest BCUT2D eigenvalue weighted by molar-refractivity contribution is 0.102. The van der Waals surface area contributed by atoms with E-state index in [9.17, 15) is 9.18 Å². The highest BCUT2D eigenvalue weighted by atomic mass is 19.1. The Bertz CT molecular complexity index is 732. The molecule has 0 aliphatic heterocycles. The maximum Gasteiger partial charge on any atom is 0.275 e. The number of carbonyl (C=O) groups is 1. The summed E-state index contributed by atoms with van der Waals surface area (Å²) in [5.74, 6) is 4.62. The molecule has 0 aliphatic carbocycles. The van der Waals surface area contributed by atoms with E-state index in [1.807, 2.05) is 0 Å². The molecule has 106 valence electrons. The summed E-state index contributed by atoms with van der Waals surface area (Å²) in [6.45, 7) is 1.97. The molecule has 0 saturated heterocycles. The fourth-order valence-electron chi connectivity index (χ4n) is 1.74. The van der Waals surface area contributed by atoms with E-state index >= 15 is 0 Å². The van der Waals surface area contributed by atoms with Crippen molar-refractivity contribution >= 4 is 11.6 Å². The third-order valence-corrected chi connectivity index (χ3v) is 2.80. The van der Waals surface area contributed by atoms with Gasteiger partial charge in [0.2, 0.25) is 0 Å². The van der Waals surface area contributed by atoms with E-state index in [4.69, 9.17) is 5.73 Å². The summed E-state index contributed by atoms with van der Waals surface area (Å²) in [5.41, 5.74) is 7.16. The van der Waals surface area contributed by atoms with Crippen LogP contribution in [-0.2, 0) is 0 Å². The molecule has 0 atom stereocenters. The third-order valence-electron chi connectivity index (χ3n) is 2.80. The van der Waals surface area contributed by atoms with Gasteiger partial charge in [-0.15, -0.1) is 0 Å². The third kappa shape index (κ3) is 3.65. The highest BCUT2D eigenvalue weighted by molar-refractivity contribution is 6.04. The minimum Gasteiger partial charge on any atom is -0.320 e. The molecule has 0 radical (unpaired) electrons. The molecule has 0 fully saturated rings. The average Bonchev–Trinajstić information content (AvgIpc) is 2.49. The lowest BCUT2D eigenvalue weighted by Crippen LogP contribution is -2.16. The van der Waals surface area contributed by atoms with Crippen LogP contribution in [0.4, 0.5) is 10.1 Å². The number of benzene rings is 1. The van der Waals surface area contributed by atoms with Crippen LogP contribution in [-0.4, -0.2) is 17.4 Å². The van der Waals surface area contributed by atoms with Crippen LogP contribution < -0.4 is 11.1 Å². The van der Waals surface area contributed by atoms with E-state index in [0.29, 0.717) is 11.3 Å². The highest BCUT2D eigenvalue weighted by Crippen LogP contribution is 2.17. The van der Waals surface area contributed by atoms with E-state index in [2.05, 4.69) is 22.1 Å². The molecule has 5 heteroatoms. The molecule has 2 aromatic rings. The van der Waals surface area contributed by atoms with Crippen molar-refractivity contribution in [2.24, 2.45) is 5.73 Å². The number of anilines is 1. The van der Waals surface area contributed by atoms with Crippen molar-refractivity contribution in [2.45, 2.75) is 6.92 Å². The number of carbonyl (C=O) groups excluding carboxylic acids is 1. The summed E-state index contributed by atoms with van der Waals surface area (Å²) < 4.78 is 13.2. The van der Waals surface area contributed by atoms with Crippen molar-refractivity contribution < 1.29 is 9.18 Å². The first-order valence-electron chi connectivity index (χ1n) is 6.33. The highest BCUT2D eigenvalue weighted by Gasteiger charge is 2.13. The zero-order valence-electron chi connectivity index (χ0n) is 11.5. The van der Waals surface area contributed by atoms with Gasteiger partial charge in [0.05, 0.1) is 12.1 Å². The smallest absolute Gasteiger partial charge is 0.275 e. The predicted octanol–water partition coefficient (Wildman–Crippen LogP) is 2.09. The van der Waals surface area contributed by atoms with Crippen molar-refractivity contribution in [3.8, 4) is 11.8 Å². The molecule has 3 N–H and O–H groups in total. The second-order valence-corrected chi connectivity index (χ2v) is 4.32. The normalized spacial score (nSPS) is 9.67. The van der Waals surface area contributed by atoms with E-state index in [-0.39, 0.29) is 12.2 Å². The second-order valence-electron chi connectivity index (χ2n) is 4.32. The Labute approximate surface area is 122 Å². The number of nitrogens with one attached hydrogen (secondary N) is 1. The molecule has 0 spiro atoms. The van der Waals surface area contributed by atoms with Crippen LogP contribution in [0.2, 0.25) is 0 Å². The van der Waals surface area contributed by atoms with Gasteiger partial charge in [-0.2, -0.15) is 0 Å². The minimum absolute atomic E-state index is 0.183. The summed E-state index contributed by atoms with van der Waals surface area (Å²) in [4.78, 5) is 16.3. The van der Waals surface area contributed by atoms with Crippen LogP contribution in [0.25, 0.3) is 0 Å². The maximum absolute atomic E-state index is 13.2. The van der Waals surface area contributed by atoms with Crippen molar-refractivity contribution in [1.82, 2.24) is 4.98 Å². The van der Waals surface area contributed by atoms with Gasteiger partial charge < -0.3 is 11.1 Å². The molecule has 0 saturated carbocycles. The quantitative estimate of drug-likeness (QED) is 0.829. The van der Waals surface area contributed by atoms with Crippen molar-refractivity contribution in [3.05, 3.63) is 59.2 Å². The molecule has 2 rings (SSSR count). The topological polar surface area (TPSA) is 68.0 Å². The molecular formula is C16H14FN3O. The Morgan fingerprint density at radius 3 is 3.00 bits per heavy atom. The van der Waals surface area contributed by atoms with Gasteiger partial charge >= 0.3 is 0 Å². The van der Waals surface area contributed by atoms with Crippen LogP contribution in [0, 0.1) is 24.6 Å². The molecular weight excluding hydrogens is 269 g/mol. The van der Waals surface area contributed by atoms with Crippen LogP contribution in [0.15, 0.2) is 36.5 Å². The number of nitrogens with zero attached hydrogens (tertiary/aromatic N) is 1. The van der Waals surface area contributed by atoms with Crippen molar-refractivity contribution in [1.29, 1.82) is 0 Å². The van der Waals surface area contributed by atoms with E-state index in [1.165, 1.54) is 18.3 Å². The Kier molecular flexibility index (Phi) is 4.64. The molecule has 0 unspecified atom stereocenters. The van der Waals surface area contributed by atoms with Gasteiger partial charge in [-0.25, -0.2) is 9.37 Å². The van der Waals surface area contributed by atoms with Gasteiger partial charge in [-0.05, 0) is 36.8 Å². The van der Waals surface area contributed by atoms with Gasteiger partial charge in [-0.1, -0.05) is 17.9 Å². The Balaban J connectivity index is 2.31. The first-order chi connectivity index (χ1) is 10.1. The first kappa shape index (κ1) is 14.7. The molecule has 1 aromatic heterocycles. The molecule has 1 aromatic carbocycles. The van der Waals surface area contributed by atoms with Gasteiger partial charge in [-0.3, -0.25) is 4.79 Å². The number of hydrogen-bond donors (Lipinski definition) is 2. The lowest BCUT2D eigenvalue weighted by atomic mass is 10.1. The monoisotopic (exact) mass is 283 g/mol. The number of nitrogens with two attached hydrogens (primary N) is 1. The van der Waals surface area contributed by atoms with Crippen molar-refractivity contribution in [2.75, 3.05) is 11.9 Å². The zero-order valence-corrected chi connectivity index (χ0v) is 11.5. The number of aryl methyl sites for hydroxylation is 1. The Morgan fingerprint density at radius 1 is 1.43 bits per heavy atom. The Morgan fingerprint density at radius 2 is 2.24 bits per heavy atom. The van der Waals surface area contributed by atoms with E-state index in [1.54, 1.807) is 25.1 Å². The second kappa shape index (κ2) is 6.64. The predicted molar refractivity (Wildman–Crippen MR) is 79.3 cm³/mol. The summed E-state index contributed by atoms with van der Waals surface area (Å²) in [6.07, 6.45) is 1.50. The summed E-state index contributed by atoms with van der Waals surface area (Å²) in [6, 6.07) is 7.57. The van der Waals surface area contributed by atoms with E-state index in [0.717, 1.165) is 5.56 Å². The number of hydrogen-bond acceptors (Lipinski definition) is 3. The molecule has 4 nitrogen and oxygen atoms in total. The van der Waals surface area contributed by atoms with Gasteiger partial charge in [0.25, 0.3) is 5.91 Å². The maximum atomic E-state index is 13.2. The summed E-state index contributed by atoms with van der Waals surface area (Å²) in [7, 11) is 0. The number of aromatic nitrogens is 1. The standard InChI is InChI=1S/C16H14FN3O/c1-11-6-7-13(17)10-14(11)20-16(21)15-12(4-2-8-18)5-3-9-19-15/h3,5-7,9-10H,8,18H2,1H3,(H,20,21). The molecule has 1 amide bonds. The average molecular weight is 283 g/mol. The Hall–Kier alpha value is -2.71. The minimum atomic E-state index is -0.439. The molecule has 1 heterocycles. The summed E-state index contributed by atoms with van der Waals surface area (Å²) in [5, 5.41) is 2.64. The fourth-order valence-corrected chi connectivity index (χ4v) is 1.74. The van der Waals surface area contributed by atoms with Crippen LogP contribution in [0.3, 0.4) is 0 Å². The lowest BCUT2D eigenvalue weighted by Gasteiger charge is -2.09. The number of halogens is 1. The zero-order chi connectivity index (χ0) is 15.2. The van der Waals surface area contributed by atoms with Crippen LogP contribution in [0.1, 0.15) is 21.6 Å². The SMILES string of the molecule is Cc1ccc(F)cc1NC(=O)c1ncccc1C#CCN. The fraction of sp³-hybridized carbons (Fsp3) is 0.125. The van der Waals surface area contributed by atoms with Crippen molar-refractivity contribution in [3.63, 3.8) is 0 Å². The number of rotatable bonds is 2.